The topological polar surface area (TPSA) is 71.9 Å². The Hall–Kier alpha value is -2.60. The van der Waals surface area contributed by atoms with Gasteiger partial charge in [0.1, 0.15) is 5.75 Å². The highest BCUT2D eigenvalue weighted by Gasteiger charge is 2.42. The van der Waals surface area contributed by atoms with E-state index in [0.29, 0.717) is 35.6 Å². The Morgan fingerprint density at radius 3 is 2.56 bits per heavy atom. The largest absolute Gasteiger partial charge is 0.508 e. The number of hydrogen-bond donors (Lipinski definition) is 1. The molecule has 4 rings (SSSR count). The van der Waals surface area contributed by atoms with Crippen molar-refractivity contribution in [2.24, 2.45) is 11.8 Å². The number of aromatic hydroxyl groups is 1. The van der Waals surface area contributed by atoms with Gasteiger partial charge < -0.3 is 14.6 Å². The molecule has 2 aromatic rings. The molecule has 2 aliphatic rings. The molecule has 1 aliphatic carbocycles. The van der Waals surface area contributed by atoms with Crippen LogP contribution in [0.15, 0.2) is 42.6 Å². The highest BCUT2D eigenvalue weighted by molar-refractivity contribution is 5.97. The number of pyridine rings is 1. The number of aromatic nitrogens is 1. The van der Waals surface area contributed by atoms with Crippen LogP contribution in [0.5, 0.6) is 17.4 Å². The van der Waals surface area contributed by atoms with E-state index in [-0.39, 0.29) is 17.6 Å². The molecule has 1 aliphatic heterocycles. The number of fused-ring (bicyclic) bond motifs is 1. The summed E-state index contributed by atoms with van der Waals surface area (Å²) in [6, 6.07) is 10.2. The standard InChI is InChI=1S/C21H24N2O4/c1-26-21-20(3-2-8-22-21)27-18-9-15-11-23(12-16(15)10-18)13-19(25)14-4-6-17(24)7-5-14/h2-8,15-16,18,24H,9-13H2,1H3. The quantitative estimate of drug-likeness (QED) is 0.791. The van der Waals surface area contributed by atoms with E-state index in [1.165, 1.54) is 0 Å². The molecule has 2 unspecified atom stereocenters. The molecule has 1 saturated heterocycles. The van der Waals surface area contributed by atoms with E-state index >= 15 is 0 Å². The molecule has 0 amide bonds. The van der Waals surface area contributed by atoms with Crippen molar-refractivity contribution < 1.29 is 19.4 Å². The predicted octanol–water partition coefficient (Wildman–Crippen LogP) is 2.77. The first-order chi connectivity index (χ1) is 13.1. The molecule has 2 heterocycles. The lowest BCUT2D eigenvalue weighted by Gasteiger charge is -2.19. The van der Waals surface area contributed by atoms with Crippen molar-refractivity contribution in [1.82, 2.24) is 9.88 Å². The van der Waals surface area contributed by atoms with Gasteiger partial charge in [-0.1, -0.05) is 0 Å². The fourth-order valence-corrected chi connectivity index (χ4v) is 4.31. The lowest BCUT2D eigenvalue weighted by Crippen LogP contribution is -2.30. The Morgan fingerprint density at radius 1 is 1.19 bits per heavy atom. The van der Waals surface area contributed by atoms with Crippen LogP contribution in [-0.4, -0.2) is 53.6 Å². The third-order valence-electron chi connectivity index (χ3n) is 5.56. The maximum Gasteiger partial charge on any atom is 0.256 e. The normalized spacial score (nSPS) is 24.6. The average molecular weight is 368 g/mol. The second-order valence-corrected chi connectivity index (χ2v) is 7.41. The smallest absolute Gasteiger partial charge is 0.256 e. The molecule has 142 valence electrons. The Balaban J connectivity index is 1.30. The van der Waals surface area contributed by atoms with E-state index in [1.54, 1.807) is 37.6 Å². The van der Waals surface area contributed by atoms with Crippen molar-refractivity contribution in [1.29, 1.82) is 0 Å². The third-order valence-corrected chi connectivity index (χ3v) is 5.56. The minimum Gasteiger partial charge on any atom is -0.508 e. The number of Topliss-reactive ketones (excluding diaryl/α,β-unsaturated/α-hetero) is 1. The van der Waals surface area contributed by atoms with E-state index < -0.39 is 0 Å². The molecule has 0 spiro atoms. The molecule has 2 fully saturated rings. The molecule has 6 heteroatoms. The first-order valence-electron chi connectivity index (χ1n) is 9.32. The number of methoxy groups -OCH3 is 1. The molecule has 1 N–H and O–H groups in total. The number of nitrogens with zero attached hydrogens (tertiary/aromatic N) is 2. The molecule has 6 nitrogen and oxygen atoms in total. The van der Waals surface area contributed by atoms with E-state index in [1.807, 2.05) is 12.1 Å². The van der Waals surface area contributed by atoms with Crippen LogP contribution in [0.2, 0.25) is 0 Å². The van der Waals surface area contributed by atoms with Crippen molar-refractivity contribution >= 4 is 5.78 Å². The number of rotatable bonds is 6. The Bertz CT molecular complexity index is 794. The van der Waals surface area contributed by atoms with Crippen LogP contribution in [0, 0.1) is 11.8 Å². The average Bonchev–Trinajstić information content (AvgIpc) is 3.20. The molecule has 0 radical (unpaired) electrons. The van der Waals surface area contributed by atoms with Crippen LogP contribution in [-0.2, 0) is 0 Å². The zero-order valence-electron chi connectivity index (χ0n) is 15.4. The lowest BCUT2D eigenvalue weighted by molar-refractivity contribution is 0.0936. The van der Waals surface area contributed by atoms with Crippen LogP contribution in [0.4, 0.5) is 0 Å². The lowest BCUT2D eigenvalue weighted by atomic mass is 10.0. The van der Waals surface area contributed by atoms with Gasteiger partial charge in [-0.2, -0.15) is 0 Å². The maximum absolute atomic E-state index is 12.4. The monoisotopic (exact) mass is 368 g/mol. The molecular weight excluding hydrogens is 344 g/mol. The summed E-state index contributed by atoms with van der Waals surface area (Å²) < 4.78 is 11.4. The van der Waals surface area contributed by atoms with Crippen molar-refractivity contribution in [3.05, 3.63) is 48.2 Å². The van der Waals surface area contributed by atoms with Crippen molar-refractivity contribution in [2.45, 2.75) is 18.9 Å². The van der Waals surface area contributed by atoms with E-state index in [2.05, 4.69) is 9.88 Å². The molecule has 2 atom stereocenters. The third kappa shape index (κ3) is 3.90. The zero-order valence-corrected chi connectivity index (χ0v) is 15.4. The number of carbonyl (C=O) groups is 1. The van der Waals surface area contributed by atoms with Gasteiger partial charge in [0.25, 0.3) is 5.88 Å². The summed E-state index contributed by atoms with van der Waals surface area (Å²) in [5.74, 6) is 2.62. The highest BCUT2D eigenvalue weighted by Crippen LogP contribution is 2.40. The summed E-state index contributed by atoms with van der Waals surface area (Å²) in [7, 11) is 1.60. The number of likely N-dealkylation sites (tertiary alicyclic amines) is 1. The molecular formula is C21H24N2O4. The molecule has 1 aromatic carbocycles. The summed E-state index contributed by atoms with van der Waals surface area (Å²) in [5.41, 5.74) is 0.648. The first kappa shape index (κ1) is 17.8. The van der Waals surface area contributed by atoms with Gasteiger partial charge in [-0.15, -0.1) is 0 Å². The number of hydrogen-bond acceptors (Lipinski definition) is 6. The number of phenols is 1. The van der Waals surface area contributed by atoms with Gasteiger partial charge in [0.2, 0.25) is 0 Å². The van der Waals surface area contributed by atoms with Crippen LogP contribution in [0.1, 0.15) is 23.2 Å². The minimum absolute atomic E-state index is 0.0999. The van der Waals surface area contributed by atoms with Crippen LogP contribution >= 0.6 is 0 Å². The molecule has 0 bridgehead atoms. The van der Waals surface area contributed by atoms with E-state index in [9.17, 15) is 9.90 Å². The van der Waals surface area contributed by atoms with Gasteiger partial charge in [0, 0.05) is 24.8 Å². The number of ketones is 1. The van der Waals surface area contributed by atoms with E-state index in [0.717, 1.165) is 25.9 Å². The Labute approximate surface area is 158 Å². The SMILES string of the molecule is COc1ncccc1OC1CC2CN(CC(=O)c3ccc(O)cc3)CC2C1. The number of phenolic OH excluding ortho intramolecular Hbond substituents is 1. The maximum atomic E-state index is 12.4. The van der Waals surface area contributed by atoms with Crippen molar-refractivity contribution in [3.8, 4) is 17.4 Å². The number of benzene rings is 1. The second-order valence-electron chi connectivity index (χ2n) is 7.41. The Morgan fingerprint density at radius 2 is 1.89 bits per heavy atom. The summed E-state index contributed by atoms with van der Waals surface area (Å²) in [6.45, 7) is 2.29. The molecule has 27 heavy (non-hydrogen) atoms. The highest BCUT2D eigenvalue weighted by atomic mass is 16.5. The fraction of sp³-hybridized carbons (Fsp3) is 0.429. The van der Waals surface area contributed by atoms with Gasteiger partial charge in [-0.3, -0.25) is 9.69 Å². The van der Waals surface area contributed by atoms with Gasteiger partial charge in [-0.25, -0.2) is 4.98 Å². The molecule has 1 aromatic heterocycles. The summed E-state index contributed by atoms with van der Waals surface area (Å²) in [5, 5.41) is 9.35. The minimum atomic E-state index is 0.0999. The van der Waals surface area contributed by atoms with Gasteiger partial charge >= 0.3 is 0 Å². The Kier molecular flexibility index (Phi) is 4.99. The second kappa shape index (κ2) is 7.56. The number of carbonyl (C=O) groups excluding carboxylic acids is 1. The number of ether oxygens (including phenoxy) is 2. The zero-order chi connectivity index (χ0) is 18.8. The predicted molar refractivity (Wildman–Crippen MR) is 100 cm³/mol. The van der Waals surface area contributed by atoms with Crippen molar-refractivity contribution in [2.75, 3.05) is 26.7 Å². The van der Waals surface area contributed by atoms with Gasteiger partial charge in [-0.05, 0) is 61.1 Å². The van der Waals surface area contributed by atoms with Gasteiger partial charge in [0.05, 0.1) is 19.8 Å². The van der Waals surface area contributed by atoms with Crippen LogP contribution in [0.25, 0.3) is 0 Å². The van der Waals surface area contributed by atoms with Crippen LogP contribution in [0.3, 0.4) is 0 Å². The summed E-state index contributed by atoms with van der Waals surface area (Å²) >= 11 is 0. The van der Waals surface area contributed by atoms with Crippen molar-refractivity contribution in [3.63, 3.8) is 0 Å². The fourth-order valence-electron chi connectivity index (χ4n) is 4.31. The first-order valence-corrected chi connectivity index (χ1v) is 9.32. The summed E-state index contributed by atoms with van der Waals surface area (Å²) in [4.78, 5) is 18.9. The summed E-state index contributed by atoms with van der Waals surface area (Å²) in [6.07, 6.45) is 3.85. The molecule has 1 saturated carbocycles. The van der Waals surface area contributed by atoms with E-state index in [4.69, 9.17) is 9.47 Å². The van der Waals surface area contributed by atoms with Gasteiger partial charge in [0.15, 0.2) is 11.5 Å². The van der Waals surface area contributed by atoms with Crippen LogP contribution < -0.4 is 9.47 Å².